The molecule has 0 unspecified atom stereocenters. The van der Waals surface area contributed by atoms with Crippen LogP contribution in [0.4, 0.5) is 0 Å². The Morgan fingerprint density at radius 2 is 1.62 bits per heavy atom. The predicted molar refractivity (Wildman–Crippen MR) is 83.2 cm³/mol. The van der Waals surface area contributed by atoms with E-state index in [0.29, 0.717) is 11.1 Å². The van der Waals surface area contributed by atoms with Crippen LogP contribution in [0.1, 0.15) is 29.8 Å². The van der Waals surface area contributed by atoms with Crippen molar-refractivity contribution in [3.05, 3.63) is 65.2 Å². The number of carbonyl (C=O) groups is 2. The molecule has 0 aromatic heterocycles. The molecule has 0 spiro atoms. The van der Waals surface area contributed by atoms with Gasteiger partial charge >= 0.3 is 5.97 Å². The number of hydrogen-bond donors (Lipinski definition) is 1. The average Bonchev–Trinajstić information content (AvgIpc) is 2.47. The lowest BCUT2D eigenvalue weighted by Gasteiger charge is -2.04. The van der Waals surface area contributed by atoms with Gasteiger partial charge in [0.2, 0.25) is 0 Å². The third kappa shape index (κ3) is 3.66. The number of carbonyl (C=O) groups excluding carboxylic acids is 1. The zero-order valence-electron chi connectivity index (χ0n) is 12.0. The summed E-state index contributed by atoms with van der Waals surface area (Å²) in [5, 5.41) is 8.91. The summed E-state index contributed by atoms with van der Waals surface area (Å²) in [7, 11) is 0. The molecule has 106 valence electrons. The smallest absolute Gasteiger partial charge is 0.331 e. The molecule has 0 aliphatic carbocycles. The molecule has 0 atom stereocenters. The molecule has 0 bridgehead atoms. The summed E-state index contributed by atoms with van der Waals surface area (Å²) < 4.78 is 0. The Kier molecular flexibility index (Phi) is 4.33. The van der Waals surface area contributed by atoms with Gasteiger partial charge in [0.1, 0.15) is 0 Å². The Morgan fingerprint density at radius 3 is 2.19 bits per heavy atom. The normalized spacial score (nSPS) is 11.2. The molecule has 0 radical (unpaired) electrons. The van der Waals surface area contributed by atoms with E-state index in [1.165, 1.54) is 6.92 Å². The van der Waals surface area contributed by atoms with Crippen molar-refractivity contribution in [3.63, 3.8) is 0 Å². The zero-order valence-corrected chi connectivity index (χ0v) is 12.0. The summed E-state index contributed by atoms with van der Waals surface area (Å²) in [5.74, 6) is -0.887. The van der Waals surface area contributed by atoms with Crippen LogP contribution in [0.2, 0.25) is 0 Å². The third-order valence-corrected chi connectivity index (χ3v) is 3.23. The Morgan fingerprint density at radius 1 is 0.952 bits per heavy atom. The highest BCUT2D eigenvalue weighted by atomic mass is 16.4. The van der Waals surface area contributed by atoms with Crippen LogP contribution in [0.25, 0.3) is 17.2 Å². The van der Waals surface area contributed by atoms with Crippen molar-refractivity contribution in [2.75, 3.05) is 0 Å². The van der Waals surface area contributed by atoms with E-state index < -0.39 is 5.97 Å². The molecule has 2 rings (SSSR count). The van der Waals surface area contributed by atoms with E-state index in [2.05, 4.69) is 0 Å². The standard InChI is InChI=1S/C18H16O3/c1-12(18(20)21)10-14-4-3-5-17(11-14)16-8-6-15(7-9-16)13(2)19/h3-11H,1-2H3,(H,20,21)/b12-10+. The minimum absolute atomic E-state index is 0.0373. The van der Waals surface area contributed by atoms with E-state index in [-0.39, 0.29) is 5.78 Å². The quantitative estimate of drug-likeness (QED) is 0.679. The predicted octanol–water partition coefficient (Wildman–Crippen LogP) is 4.04. The van der Waals surface area contributed by atoms with Crippen LogP contribution in [0.15, 0.2) is 54.1 Å². The average molecular weight is 280 g/mol. The highest BCUT2D eigenvalue weighted by Crippen LogP contribution is 2.22. The van der Waals surface area contributed by atoms with Crippen LogP contribution in [0.3, 0.4) is 0 Å². The van der Waals surface area contributed by atoms with Gasteiger partial charge < -0.3 is 5.11 Å². The van der Waals surface area contributed by atoms with Crippen molar-refractivity contribution >= 4 is 17.8 Å². The molecule has 0 aliphatic rings. The van der Waals surface area contributed by atoms with Crippen molar-refractivity contribution in [1.29, 1.82) is 0 Å². The number of ketones is 1. The van der Waals surface area contributed by atoms with Gasteiger partial charge in [-0.2, -0.15) is 0 Å². The molecule has 0 saturated heterocycles. The Hall–Kier alpha value is -2.68. The maximum Gasteiger partial charge on any atom is 0.331 e. The number of carboxylic acid groups (broad SMARTS) is 1. The molecule has 2 aromatic carbocycles. The summed E-state index contributed by atoms with van der Waals surface area (Å²) in [5.41, 5.74) is 3.78. The molecular weight excluding hydrogens is 264 g/mol. The number of aliphatic carboxylic acids is 1. The highest BCUT2D eigenvalue weighted by Gasteiger charge is 2.03. The minimum atomic E-state index is -0.925. The summed E-state index contributed by atoms with van der Waals surface area (Å²) >= 11 is 0. The molecule has 3 nitrogen and oxygen atoms in total. The minimum Gasteiger partial charge on any atom is -0.478 e. The molecule has 0 saturated carbocycles. The van der Waals surface area contributed by atoms with Gasteiger partial charge in [-0.1, -0.05) is 42.5 Å². The van der Waals surface area contributed by atoms with Gasteiger partial charge in [0.15, 0.2) is 5.78 Å². The fourth-order valence-electron chi connectivity index (χ4n) is 2.02. The molecule has 0 amide bonds. The first-order valence-corrected chi connectivity index (χ1v) is 6.60. The third-order valence-electron chi connectivity index (χ3n) is 3.23. The van der Waals surface area contributed by atoms with Gasteiger partial charge in [-0.25, -0.2) is 4.79 Å². The molecular formula is C18H16O3. The Labute approximate surface area is 123 Å². The molecule has 21 heavy (non-hydrogen) atoms. The monoisotopic (exact) mass is 280 g/mol. The molecule has 1 N–H and O–H groups in total. The van der Waals surface area contributed by atoms with Crippen LogP contribution < -0.4 is 0 Å². The highest BCUT2D eigenvalue weighted by molar-refractivity contribution is 5.94. The molecule has 0 fully saturated rings. The van der Waals surface area contributed by atoms with E-state index in [1.807, 2.05) is 36.4 Å². The topological polar surface area (TPSA) is 54.4 Å². The van der Waals surface area contributed by atoms with Crippen LogP contribution in [0.5, 0.6) is 0 Å². The fourth-order valence-corrected chi connectivity index (χ4v) is 2.02. The van der Waals surface area contributed by atoms with Gasteiger partial charge in [-0.15, -0.1) is 0 Å². The van der Waals surface area contributed by atoms with Crippen LogP contribution in [-0.4, -0.2) is 16.9 Å². The summed E-state index contributed by atoms with van der Waals surface area (Å²) in [6, 6.07) is 15.0. The second-order valence-electron chi connectivity index (χ2n) is 4.89. The van der Waals surface area contributed by atoms with Gasteiger partial charge in [-0.05, 0) is 42.7 Å². The summed E-state index contributed by atoms with van der Waals surface area (Å²) in [4.78, 5) is 22.1. The van der Waals surface area contributed by atoms with Gasteiger partial charge in [0.05, 0.1) is 0 Å². The molecule has 0 aliphatic heterocycles. The van der Waals surface area contributed by atoms with E-state index >= 15 is 0 Å². The van der Waals surface area contributed by atoms with Crippen molar-refractivity contribution < 1.29 is 14.7 Å². The van der Waals surface area contributed by atoms with Crippen LogP contribution in [0, 0.1) is 0 Å². The maximum atomic E-state index is 11.3. The number of Topliss-reactive ketones (excluding diaryl/α,β-unsaturated/α-hetero) is 1. The number of rotatable bonds is 4. The fraction of sp³-hybridized carbons (Fsp3) is 0.111. The molecule has 0 heterocycles. The lowest BCUT2D eigenvalue weighted by molar-refractivity contribution is -0.132. The Balaban J connectivity index is 2.35. The van der Waals surface area contributed by atoms with Crippen molar-refractivity contribution in [3.8, 4) is 11.1 Å². The molecule has 3 heteroatoms. The largest absolute Gasteiger partial charge is 0.478 e. The van der Waals surface area contributed by atoms with E-state index in [0.717, 1.165) is 16.7 Å². The number of hydrogen-bond acceptors (Lipinski definition) is 2. The van der Waals surface area contributed by atoms with Gasteiger partial charge in [0, 0.05) is 11.1 Å². The SMILES string of the molecule is CC(=O)c1ccc(-c2cccc(/C=C(\C)C(=O)O)c2)cc1. The van der Waals surface area contributed by atoms with Crippen molar-refractivity contribution in [2.45, 2.75) is 13.8 Å². The van der Waals surface area contributed by atoms with E-state index in [1.54, 1.807) is 25.1 Å². The number of carboxylic acids is 1. The Bertz CT molecular complexity index is 709. The summed E-state index contributed by atoms with van der Waals surface area (Å²) in [6.45, 7) is 3.10. The van der Waals surface area contributed by atoms with Crippen LogP contribution >= 0.6 is 0 Å². The van der Waals surface area contributed by atoms with Crippen molar-refractivity contribution in [1.82, 2.24) is 0 Å². The first-order valence-electron chi connectivity index (χ1n) is 6.60. The second kappa shape index (κ2) is 6.18. The van der Waals surface area contributed by atoms with Crippen LogP contribution in [-0.2, 0) is 4.79 Å². The first kappa shape index (κ1) is 14.7. The van der Waals surface area contributed by atoms with Gasteiger partial charge in [-0.3, -0.25) is 4.79 Å². The van der Waals surface area contributed by atoms with Crippen molar-refractivity contribution in [2.24, 2.45) is 0 Å². The summed E-state index contributed by atoms with van der Waals surface area (Å²) in [6.07, 6.45) is 1.63. The zero-order chi connectivity index (χ0) is 15.4. The maximum absolute atomic E-state index is 11.3. The number of benzene rings is 2. The second-order valence-corrected chi connectivity index (χ2v) is 4.89. The van der Waals surface area contributed by atoms with Gasteiger partial charge in [0.25, 0.3) is 0 Å². The van der Waals surface area contributed by atoms with E-state index in [9.17, 15) is 9.59 Å². The lowest BCUT2D eigenvalue weighted by atomic mass is 10.0. The first-order chi connectivity index (χ1) is 9.97. The lowest BCUT2D eigenvalue weighted by Crippen LogP contribution is -1.95. The van der Waals surface area contributed by atoms with E-state index in [4.69, 9.17) is 5.11 Å². The molecule has 2 aromatic rings.